The molecule has 3 nitrogen and oxygen atoms in total. The van der Waals surface area contributed by atoms with E-state index in [-0.39, 0.29) is 12.1 Å². The van der Waals surface area contributed by atoms with E-state index in [4.69, 9.17) is 0 Å². The predicted molar refractivity (Wildman–Crippen MR) is 95.0 cm³/mol. The molecular weight excluding hydrogens is 284 g/mol. The van der Waals surface area contributed by atoms with E-state index in [0.29, 0.717) is 0 Å². The van der Waals surface area contributed by atoms with Crippen LogP contribution in [-0.4, -0.2) is 6.03 Å². The second-order valence-electron chi connectivity index (χ2n) is 6.52. The van der Waals surface area contributed by atoms with Crippen molar-refractivity contribution in [2.24, 2.45) is 0 Å². The average Bonchev–Trinajstić information content (AvgIpc) is 2.97. The first kappa shape index (κ1) is 15.6. The molecule has 0 heterocycles. The van der Waals surface area contributed by atoms with Gasteiger partial charge in [-0.3, -0.25) is 0 Å². The summed E-state index contributed by atoms with van der Waals surface area (Å²) < 4.78 is 0. The summed E-state index contributed by atoms with van der Waals surface area (Å²) >= 11 is 0. The minimum atomic E-state index is -0.156. The molecule has 0 saturated heterocycles. The fourth-order valence-electron chi connectivity index (χ4n) is 3.32. The van der Waals surface area contributed by atoms with Crippen LogP contribution in [0.15, 0.2) is 36.4 Å². The van der Waals surface area contributed by atoms with Gasteiger partial charge in [-0.25, -0.2) is 4.79 Å². The maximum absolute atomic E-state index is 12.3. The second kappa shape index (κ2) is 6.45. The number of aryl methyl sites for hydroxylation is 4. The SMILES string of the molecule is Cc1ccc(C)c(C(C)NC(=O)Nc2ccc3c(c2)CCC3)c1. The molecule has 2 amide bonds. The highest BCUT2D eigenvalue weighted by Crippen LogP contribution is 2.25. The summed E-state index contributed by atoms with van der Waals surface area (Å²) in [5.74, 6) is 0. The molecule has 1 atom stereocenters. The fraction of sp³-hybridized carbons (Fsp3) is 0.350. The highest BCUT2D eigenvalue weighted by atomic mass is 16.2. The number of anilines is 1. The van der Waals surface area contributed by atoms with E-state index < -0.39 is 0 Å². The summed E-state index contributed by atoms with van der Waals surface area (Å²) in [6, 6.07) is 12.4. The molecular formula is C20H24N2O. The molecule has 120 valence electrons. The van der Waals surface area contributed by atoms with Crippen molar-refractivity contribution in [1.29, 1.82) is 0 Å². The van der Waals surface area contributed by atoms with E-state index in [1.165, 1.54) is 28.7 Å². The van der Waals surface area contributed by atoms with Gasteiger partial charge < -0.3 is 10.6 Å². The molecule has 2 N–H and O–H groups in total. The van der Waals surface area contributed by atoms with Crippen molar-refractivity contribution in [2.75, 3.05) is 5.32 Å². The van der Waals surface area contributed by atoms with Crippen molar-refractivity contribution in [3.63, 3.8) is 0 Å². The molecule has 3 rings (SSSR count). The first-order valence-electron chi connectivity index (χ1n) is 8.29. The second-order valence-corrected chi connectivity index (χ2v) is 6.52. The Balaban J connectivity index is 1.66. The van der Waals surface area contributed by atoms with Crippen molar-refractivity contribution in [2.45, 2.75) is 46.1 Å². The van der Waals surface area contributed by atoms with Gasteiger partial charge in [0.2, 0.25) is 0 Å². The topological polar surface area (TPSA) is 41.1 Å². The van der Waals surface area contributed by atoms with Gasteiger partial charge in [-0.05, 0) is 74.4 Å². The van der Waals surface area contributed by atoms with E-state index in [1.54, 1.807) is 0 Å². The summed E-state index contributed by atoms with van der Waals surface area (Å²) in [4.78, 5) is 12.3. The third-order valence-corrected chi connectivity index (χ3v) is 4.61. The summed E-state index contributed by atoms with van der Waals surface area (Å²) in [5.41, 5.74) is 7.22. The van der Waals surface area contributed by atoms with Crippen LogP contribution in [0, 0.1) is 13.8 Å². The fourth-order valence-corrected chi connectivity index (χ4v) is 3.32. The molecule has 0 fully saturated rings. The van der Waals surface area contributed by atoms with Gasteiger partial charge in [0.15, 0.2) is 0 Å². The summed E-state index contributed by atoms with van der Waals surface area (Å²) in [7, 11) is 0. The largest absolute Gasteiger partial charge is 0.331 e. The number of hydrogen-bond acceptors (Lipinski definition) is 1. The van der Waals surface area contributed by atoms with Gasteiger partial charge in [0, 0.05) is 5.69 Å². The van der Waals surface area contributed by atoms with Crippen LogP contribution in [0.4, 0.5) is 10.5 Å². The van der Waals surface area contributed by atoms with E-state index in [2.05, 4.69) is 54.8 Å². The zero-order valence-corrected chi connectivity index (χ0v) is 14.1. The normalized spacial score (nSPS) is 14.2. The molecule has 0 bridgehead atoms. The Morgan fingerprint density at radius 2 is 1.83 bits per heavy atom. The monoisotopic (exact) mass is 308 g/mol. The zero-order valence-electron chi connectivity index (χ0n) is 14.1. The lowest BCUT2D eigenvalue weighted by molar-refractivity contribution is 0.249. The Labute approximate surface area is 138 Å². The summed E-state index contributed by atoms with van der Waals surface area (Å²) in [6.45, 7) is 6.16. The standard InChI is InChI=1S/C20H24N2O/c1-13-7-8-14(2)19(11-13)15(3)21-20(23)22-18-10-9-16-5-4-6-17(16)12-18/h7-12,15H,4-6H2,1-3H3,(H2,21,22,23). The number of urea groups is 1. The van der Waals surface area contributed by atoms with Crippen LogP contribution in [0.1, 0.15) is 47.2 Å². The predicted octanol–water partition coefficient (Wildman–Crippen LogP) is 4.67. The van der Waals surface area contributed by atoms with Gasteiger partial charge >= 0.3 is 6.03 Å². The lowest BCUT2D eigenvalue weighted by Crippen LogP contribution is -2.31. The van der Waals surface area contributed by atoms with Gasteiger partial charge in [-0.2, -0.15) is 0 Å². The molecule has 0 saturated carbocycles. The molecule has 3 heteroatoms. The number of amides is 2. The number of rotatable bonds is 3. The number of carbonyl (C=O) groups excluding carboxylic acids is 1. The van der Waals surface area contributed by atoms with E-state index in [9.17, 15) is 4.79 Å². The minimum absolute atomic E-state index is 0.0238. The van der Waals surface area contributed by atoms with Crippen LogP contribution < -0.4 is 10.6 Å². The molecule has 1 unspecified atom stereocenters. The molecule has 1 aliphatic rings. The quantitative estimate of drug-likeness (QED) is 0.849. The van der Waals surface area contributed by atoms with E-state index >= 15 is 0 Å². The molecule has 0 aromatic heterocycles. The first-order chi connectivity index (χ1) is 11.0. The van der Waals surface area contributed by atoms with E-state index in [1.807, 2.05) is 13.0 Å². The van der Waals surface area contributed by atoms with Crippen molar-refractivity contribution < 1.29 is 4.79 Å². The third kappa shape index (κ3) is 3.55. The maximum Gasteiger partial charge on any atom is 0.319 e. The lowest BCUT2D eigenvalue weighted by Gasteiger charge is -2.18. The Morgan fingerprint density at radius 3 is 2.65 bits per heavy atom. The van der Waals surface area contributed by atoms with Crippen LogP contribution in [0.25, 0.3) is 0 Å². The van der Waals surface area contributed by atoms with Gasteiger partial charge in [0.25, 0.3) is 0 Å². The van der Waals surface area contributed by atoms with Crippen molar-refractivity contribution in [1.82, 2.24) is 5.32 Å². The Hall–Kier alpha value is -2.29. The highest BCUT2D eigenvalue weighted by molar-refractivity contribution is 5.89. The molecule has 2 aromatic carbocycles. The average molecular weight is 308 g/mol. The van der Waals surface area contributed by atoms with Crippen LogP contribution in [0.2, 0.25) is 0 Å². The maximum atomic E-state index is 12.3. The number of hydrogen-bond donors (Lipinski definition) is 2. The molecule has 0 aliphatic heterocycles. The van der Waals surface area contributed by atoms with Crippen molar-refractivity contribution in [3.05, 3.63) is 64.2 Å². The van der Waals surface area contributed by atoms with Gasteiger partial charge in [-0.1, -0.05) is 29.8 Å². The zero-order chi connectivity index (χ0) is 16.4. The molecule has 2 aromatic rings. The third-order valence-electron chi connectivity index (χ3n) is 4.61. The van der Waals surface area contributed by atoms with Crippen LogP contribution in [0.3, 0.4) is 0 Å². The number of fused-ring (bicyclic) bond motifs is 1. The number of carbonyl (C=O) groups is 1. The van der Waals surface area contributed by atoms with Crippen molar-refractivity contribution >= 4 is 11.7 Å². The summed E-state index contributed by atoms with van der Waals surface area (Å²) in [6.07, 6.45) is 3.49. The van der Waals surface area contributed by atoms with Crippen LogP contribution >= 0.6 is 0 Å². The molecule has 1 aliphatic carbocycles. The number of benzene rings is 2. The Bertz CT molecular complexity index is 736. The Morgan fingerprint density at radius 1 is 1.04 bits per heavy atom. The van der Waals surface area contributed by atoms with Crippen molar-refractivity contribution in [3.8, 4) is 0 Å². The van der Waals surface area contributed by atoms with Crippen LogP contribution in [0.5, 0.6) is 0 Å². The highest BCUT2D eigenvalue weighted by Gasteiger charge is 2.14. The van der Waals surface area contributed by atoms with E-state index in [0.717, 1.165) is 24.1 Å². The molecule has 0 radical (unpaired) electrons. The minimum Gasteiger partial charge on any atom is -0.331 e. The first-order valence-corrected chi connectivity index (χ1v) is 8.29. The van der Waals surface area contributed by atoms with Gasteiger partial charge in [-0.15, -0.1) is 0 Å². The molecule has 23 heavy (non-hydrogen) atoms. The molecule has 0 spiro atoms. The number of nitrogens with one attached hydrogen (secondary N) is 2. The lowest BCUT2D eigenvalue weighted by atomic mass is 10.0. The van der Waals surface area contributed by atoms with Crippen LogP contribution in [-0.2, 0) is 12.8 Å². The Kier molecular flexibility index (Phi) is 4.37. The van der Waals surface area contributed by atoms with Gasteiger partial charge in [0.05, 0.1) is 6.04 Å². The summed E-state index contributed by atoms with van der Waals surface area (Å²) in [5, 5.41) is 5.99. The van der Waals surface area contributed by atoms with Gasteiger partial charge in [0.1, 0.15) is 0 Å². The smallest absolute Gasteiger partial charge is 0.319 e.